The van der Waals surface area contributed by atoms with Gasteiger partial charge in [0.1, 0.15) is 17.6 Å². The van der Waals surface area contributed by atoms with Crippen molar-refractivity contribution >= 4 is 45.9 Å². The maximum Gasteiger partial charge on any atom is 0.295 e. The molecule has 2 fully saturated rings. The van der Waals surface area contributed by atoms with Gasteiger partial charge in [0.2, 0.25) is 5.91 Å². The number of aromatic nitrogens is 3. The number of hydrogen-bond donors (Lipinski definition) is 2. The number of ether oxygens (including phenoxy) is 2. The molecule has 11 heteroatoms. The Morgan fingerprint density at radius 3 is 2.74 bits per heavy atom. The minimum absolute atomic E-state index is 0.0508. The van der Waals surface area contributed by atoms with Crippen LogP contribution in [0, 0.1) is 5.92 Å². The molecule has 3 heterocycles. The molecule has 1 saturated heterocycles. The van der Waals surface area contributed by atoms with E-state index in [-0.39, 0.29) is 28.8 Å². The predicted molar refractivity (Wildman–Crippen MR) is 124 cm³/mol. The van der Waals surface area contributed by atoms with Gasteiger partial charge in [0.25, 0.3) is 6.43 Å². The molecule has 2 aromatic heterocycles. The van der Waals surface area contributed by atoms with Gasteiger partial charge in [-0.3, -0.25) is 9.36 Å². The van der Waals surface area contributed by atoms with Crippen molar-refractivity contribution in [3.63, 3.8) is 0 Å². The summed E-state index contributed by atoms with van der Waals surface area (Å²) in [5.41, 5.74) is 1.34. The lowest BCUT2D eigenvalue weighted by Crippen LogP contribution is -2.21. The molecule has 2 N–H and O–H groups in total. The average molecular weight is 492 g/mol. The predicted octanol–water partition coefficient (Wildman–Crippen LogP) is 5.82. The largest absolute Gasteiger partial charge is 0.493 e. The van der Waals surface area contributed by atoms with Crippen LogP contribution in [0.15, 0.2) is 24.3 Å². The third-order valence-corrected chi connectivity index (χ3v) is 6.25. The van der Waals surface area contributed by atoms with Gasteiger partial charge < -0.3 is 20.1 Å². The van der Waals surface area contributed by atoms with Gasteiger partial charge in [0.05, 0.1) is 23.5 Å². The van der Waals surface area contributed by atoms with Crippen LogP contribution in [-0.4, -0.2) is 34.2 Å². The Morgan fingerprint density at radius 1 is 1.24 bits per heavy atom. The first-order valence-electron chi connectivity index (χ1n) is 11.2. The quantitative estimate of drug-likeness (QED) is 0.432. The molecule has 1 amide bonds. The summed E-state index contributed by atoms with van der Waals surface area (Å²) in [5, 5.41) is 6.38. The Labute approximate surface area is 199 Å². The Kier molecular flexibility index (Phi) is 6.26. The molecule has 1 saturated carbocycles. The molecule has 180 valence electrons. The van der Waals surface area contributed by atoms with E-state index in [4.69, 9.17) is 21.1 Å². The van der Waals surface area contributed by atoms with Crippen molar-refractivity contribution in [2.24, 2.45) is 5.92 Å². The number of alkyl halides is 2. The molecule has 0 spiro atoms. The Morgan fingerprint density at radius 2 is 2.06 bits per heavy atom. The van der Waals surface area contributed by atoms with E-state index in [0.29, 0.717) is 35.2 Å². The minimum atomic E-state index is -2.84. The maximum atomic E-state index is 14.1. The summed E-state index contributed by atoms with van der Waals surface area (Å²) in [7, 11) is 1.49. The Hall–Kier alpha value is -2.98. The summed E-state index contributed by atoms with van der Waals surface area (Å²) in [6, 6.07) is 6.74. The number of benzene rings is 1. The van der Waals surface area contributed by atoms with Crippen LogP contribution in [0.2, 0.25) is 5.02 Å². The monoisotopic (exact) mass is 491 g/mol. The standard InChI is InChI=1S/C23H24ClF2N5O3/c1-33-19-13(24)5-4-6-14(19)27-15-11-16(29-23(32)12-8-9-12)28-21-18(15)30-22(20(25)26)31(21)17-7-2-3-10-34-17/h4-6,11-12,17,20H,2-3,7-10H2,1H3,(H2,27,28,29,32). The fourth-order valence-electron chi connectivity index (χ4n) is 4.14. The smallest absolute Gasteiger partial charge is 0.295 e. The van der Waals surface area contributed by atoms with Gasteiger partial charge in [0, 0.05) is 18.6 Å². The number of halogens is 3. The third-order valence-electron chi connectivity index (χ3n) is 5.95. The molecule has 8 nitrogen and oxygen atoms in total. The van der Waals surface area contributed by atoms with Crippen molar-refractivity contribution in [3.05, 3.63) is 35.1 Å². The Balaban J connectivity index is 1.66. The van der Waals surface area contributed by atoms with Crippen molar-refractivity contribution in [3.8, 4) is 5.75 Å². The highest BCUT2D eigenvalue weighted by molar-refractivity contribution is 6.32. The fourth-order valence-corrected chi connectivity index (χ4v) is 4.39. The Bertz CT molecular complexity index is 1230. The van der Waals surface area contributed by atoms with Crippen LogP contribution < -0.4 is 15.4 Å². The van der Waals surface area contributed by atoms with Crippen LogP contribution in [0.25, 0.3) is 11.2 Å². The number of amides is 1. The van der Waals surface area contributed by atoms with Crippen LogP contribution in [0.4, 0.5) is 26.0 Å². The molecule has 5 rings (SSSR count). The molecule has 0 radical (unpaired) electrons. The first-order valence-corrected chi connectivity index (χ1v) is 11.6. The second-order valence-electron chi connectivity index (χ2n) is 8.40. The zero-order valence-electron chi connectivity index (χ0n) is 18.5. The number of para-hydroxylation sites is 1. The number of pyridine rings is 1. The summed E-state index contributed by atoms with van der Waals surface area (Å²) in [4.78, 5) is 21.2. The van der Waals surface area contributed by atoms with Gasteiger partial charge in [-0.05, 0) is 44.2 Å². The lowest BCUT2D eigenvalue weighted by atomic mass is 10.2. The molecular formula is C23H24ClF2N5O3. The number of hydrogen-bond acceptors (Lipinski definition) is 6. The van der Waals surface area contributed by atoms with Crippen molar-refractivity contribution in [2.75, 3.05) is 24.4 Å². The number of carbonyl (C=O) groups is 1. The number of fused-ring (bicyclic) bond motifs is 1. The lowest BCUT2D eigenvalue weighted by Gasteiger charge is -2.25. The van der Waals surface area contributed by atoms with E-state index in [2.05, 4.69) is 20.6 Å². The van der Waals surface area contributed by atoms with Crippen LogP contribution in [0.5, 0.6) is 5.75 Å². The molecule has 3 aromatic rings. The van der Waals surface area contributed by atoms with E-state index in [0.717, 1.165) is 25.7 Å². The number of nitrogens with one attached hydrogen (secondary N) is 2. The minimum Gasteiger partial charge on any atom is -0.493 e. The molecule has 0 bridgehead atoms. The molecule has 1 aliphatic heterocycles. The SMILES string of the molecule is COc1c(Cl)cccc1Nc1cc(NC(=O)C2CC2)nc2c1nc(C(F)F)n2C1CCCCO1. The van der Waals surface area contributed by atoms with Crippen molar-refractivity contribution in [1.82, 2.24) is 14.5 Å². The van der Waals surface area contributed by atoms with E-state index in [9.17, 15) is 13.6 Å². The van der Waals surface area contributed by atoms with Crippen LogP contribution in [0.3, 0.4) is 0 Å². The van der Waals surface area contributed by atoms with E-state index in [1.54, 1.807) is 24.3 Å². The van der Waals surface area contributed by atoms with Crippen LogP contribution in [-0.2, 0) is 9.53 Å². The van der Waals surface area contributed by atoms with Gasteiger partial charge in [-0.1, -0.05) is 17.7 Å². The van der Waals surface area contributed by atoms with E-state index >= 15 is 0 Å². The van der Waals surface area contributed by atoms with Gasteiger partial charge in [-0.2, -0.15) is 0 Å². The number of carbonyl (C=O) groups excluding carboxylic acids is 1. The summed E-state index contributed by atoms with van der Waals surface area (Å²) in [5.74, 6) is 0.00557. The van der Waals surface area contributed by atoms with Crippen molar-refractivity contribution < 1.29 is 23.0 Å². The molecule has 1 aliphatic carbocycles. The van der Waals surface area contributed by atoms with Crippen LogP contribution in [0.1, 0.15) is 50.6 Å². The zero-order valence-corrected chi connectivity index (χ0v) is 19.2. The topological polar surface area (TPSA) is 90.3 Å². The number of imidazole rings is 1. The number of methoxy groups -OCH3 is 1. The van der Waals surface area contributed by atoms with E-state index < -0.39 is 18.5 Å². The van der Waals surface area contributed by atoms with E-state index in [1.165, 1.54) is 11.7 Å². The summed E-state index contributed by atoms with van der Waals surface area (Å²) >= 11 is 6.26. The van der Waals surface area contributed by atoms with Gasteiger partial charge in [-0.25, -0.2) is 18.7 Å². The highest BCUT2D eigenvalue weighted by Crippen LogP contribution is 2.39. The van der Waals surface area contributed by atoms with Gasteiger partial charge in [0.15, 0.2) is 17.2 Å². The summed E-state index contributed by atoms with van der Waals surface area (Å²) in [6.07, 6.45) is 0.470. The summed E-state index contributed by atoms with van der Waals surface area (Å²) in [6.45, 7) is 0.468. The van der Waals surface area contributed by atoms with Gasteiger partial charge >= 0.3 is 0 Å². The number of anilines is 3. The lowest BCUT2D eigenvalue weighted by molar-refractivity contribution is -0.117. The zero-order chi connectivity index (χ0) is 23.8. The first-order chi connectivity index (χ1) is 16.5. The molecule has 2 aliphatic rings. The number of rotatable bonds is 7. The van der Waals surface area contributed by atoms with Crippen molar-refractivity contribution in [2.45, 2.75) is 44.8 Å². The molecule has 1 aromatic carbocycles. The highest BCUT2D eigenvalue weighted by Gasteiger charge is 2.32. The number of nitrogens with zero attached hydrogens (tertiary/aromatic N) is 3. The van der Waals surface area contributed by atoms with Crippen molar-refractivity contribution in [1.29, 1.82) is 0 Å². The molecular weight excluding hydrogens is 468 g/mol. The molecule has 1 atom stereocenters. The highest BCUT2D eigenvalue weighted by atomic mass is 35.5. The maximum absolute atomic E-state index is 14.1. The van der Waals surface area contributed by atoms with E-state index in [1.807, 2.05) is 0 Å². The average Bonchev–Trinajstić information content (AvgIpc) is 3.60. The second kappa shape index (κ2) is 9.34. The third kappa shape index (κ3) is 4.39. The normalized spacial score (nSPS) is 18.3. The fraction of sp³-hybridized carbons (Fsp3) is 0.435. The summed E-state index contributed by atoms with van der Waals surface area (Å²) < 4.78 is 40.7. The molecule has 1 unspecified atom stereocenters. The van der Waals surface area contributed by atoms with Gasteiger partial charge in [-0.15, -0.1) is 0 Å². The van der Waals surface area contributed by atoms with Crippen LogP contribution >= 0.6 is 11.6 Å². The second-order valence-corrected chi connectivity index (χ2v) is 8.81. The molecule has 34 heavy (non-hydrogen) atoms. The first kappa shape index (κ1) is 22.8.